The van der Waals surface area contributed by atoms with Gasteiger partial charge in [0, 0.05) is 23.2 Å². The zero-order valence-corrected chi connectivity index (χ0v) is 13.1. The van der Waals surface area contributed by atoms with Crippen LogP contribution in [0.5, 0.6) is 0 Å². The van der Waals surface area contributed by atoms with E-state index in [0.29, 0.717) is 11.3 Å². The third-order valence-electron chi connectivity index (χ3n) is 3.29. The van der Waals surface area contributed by atoms with Crippen LogP contribution >= 0.6 is 11.3 Å². The van der Waals surface area contributed by atoms with E-state index in [1.165, 1.54) is 11.3 Å². The van der Waals surface area contributed by atoms with Crippen LogP contribution in [-0.2, 0) is 0 Å². The molecule has 0 aliphatic heterocycles. The number of nitrogens with one attached hydrogen (secondary N) is 1. The second-order valence-electron chi connectivity index (χ2n) is 5.08. The normalized spacial score (nSPS) is 12.5. The van der Waals surface area contributed by atoms with Crippen LogP contribution in [0, 0.1) is 13.8 Å². The number of nitrogens with zero attached hydrogens (tertiary/aromatic N) is 3. The first-order chi connectivity index (χ1) is 10.5. The van der Waals surface area contributed by atoms with Gasteiger partial charge in [0.05, 0.1) is 5.69 Å². The van der Waals surface area contributed by atoms with Crippen molar-refractivity contribution in [2.45, 2.75) is 20.0 Å². The summed E-state index contributed by atoms with van der Waals surface area (Å²) in [6, 6.07) is 7.22. The molecule has 0 spiro atoms. The van der Waals surface area contributed by atoms with Gasteiger partial charge in [-0.1, -0.05) is 6.07 Å². The largest absolute Gasteiger partial charge is 0.386 e. The van der Waals surface area contributed by atoms with E-state index in [-0.39, 0.29) is 12.5 Å². The van der Waals surface area contributed by atoms with Gasteiger partial charge in [0.15, 0.2) is 5.65 Å². The number of aromatic nitrogens is 3. The summed E-state index contributed by atoms with van der Waals surface area (Å²) >= 11 is 1.46. The first kappa shape index (κ1) is 14.7. The average Bonchev–Trinajstić information content (AvgIpc) is 3.13. The molecule has 3 aromatic heterocycles. The van der Waals surface area contributed by atoms with Crippen molar-refractivity contribution in [2.75, 3.05) is 6.54 Å². The Morgan fingerprint density at radius 3 is 3.00 bits per heavy atom. The Kier molecular flexibility index (Phi) is 3.91. The molecule has 3 rings (SSSR count). The molecule has 114 valence electrons. The molecule has 3 aromatic rings. The molecule has 2 N–H and O–H groups in total. The standard InChI is InChI=1S/C15H16N4O2S/c1-9-6-14-17-11(7-10(2)19(14)18-9)15(21)16-8-12(20)13-4-3-5-22-13/h3-7,12,20H,8H2,1-2H3,(H,16,21). The Labute approximate surface area is 131 Å². The number of thiophene rings is 1. The number of fused-ring (bicyclic) bond motifs is 1. The second-order valence-corrected chi connectivity index (χ2v) is 6.06. The van der Waals surface area contributed by atoms with Crippen LogP contribution in [0.4, 0.5) is 0 Å². The monoisotopic (exact) mass is 316 g/mol. The van der Waals surface area contributed by atoms with E-state index in [0.717, 1.165) is 16.3 Å². The highest BCUT2D eigenvalue weighted by molar-refractivity contribution is 7.10. The number of hydrogen-bond donors (Lipinski definition) is 2. The number of aliphatic hydroxyl groups is 1. The highest BCUT2D eigenvalue weighted by Gasteiger charge is 2.14. The van der Waals surface area contributed by atoms with Crippen LogP contribution in [-0.4, -0.2) is 32.2 Å². The lowest BCUT2D eigenvalue weighted by Gasteiger charge is -2.10. The summed E-state index contributed by atoms with van der Waals surface area (Å²) in [7, 11) is 0. The van der Waals surface area contributed by atoms with Gasteiger partial charge in [-0.3, -0.25) is 4.79 Å². The topological polar surface area (TPSA) is 79.5 Å². The molecule has 7 heteroatoms. The van der Waals surface area contributed by atoms with E-state index in [2.05, 4.69) is 15.4 Å². The van der Waals surface area contributed by atoms with Crippen molar-refractivity contribution in [3.05, 3.63) is 51.6 Å². The van der Waals surface area contributed by atoms with E-state index in [1.807, 2.05) is 37.4 Å². The number of amides is 1. The minimum atomic E-state index is -0.703. The van der Waals surface area contributed by atoms with Gasteiger partial charge in [-0.2, -0.15) is 5.10 Å². The van der Waals surface area contributed by atoms with Crippen molar-refractivity contribution < 1.29 is 9.90 Å². The predicted octanol–water partition coefficient (Wildman–Crippen LogP) is 1.87. The molecule has 0 bridgehead atoms. The molecule has 0 aliphatic carbocycles. The number of rotatable bonds is 4. The molecule has 1 unspecified atom stereocenters. The molecule has 0 saturated heterocycles. The number of carbonyl (C=O) groups is 1. The fraction of sp³-hybridized carbons (Fsp3) is 0.267. The van der Waals surface area contributed by atoms with E-state index in [9.17, 15) is 9.90 Å². The van der Waals surface area contributed by atoms with E-state index in [1.54, 1.807) is 10.6 Å². The lowest BCUT2D eigenvalue weighted by atomic mass is 10.2. The van der Waals surface area contributed by atoms with Crippen LogP contribution in [0.25, 0.3) is 5.65 Å². The summed E-state index contributed by atoms with van der Waals surface area (Å²) in [5.74, 6) is -0.306. The zero-order chi connectivity index (χ0) is 15.7. The molecular weight excluding hydrogens is 300 g/mol. The molecule has 0 radical (unpaired) electrons. The lowest BCUT2D eigenvalue weighted by molar-refractivity contribution is 0.0913. The second kappa shape index (κ2) is 5.86. The maximum atomic E-state index is 12.2. The van der Waals surface area contributed by atoms with Crippen LogP contribution in [0.15, 0.2) is 29.6 Å². The summed E-state index contributed by atoms with van der Waals surface area (Å²) in [5, 5.41) is 18.9. The van der Waals surface area contributed by atoms with Gasteiger partial charge in [0.25, 0.3) is 5.91 Å². The zero-order valence-electron chi connectivity index (χ0n) is 12.3. The fourth-order valence-electron chi connectivity index (χ4n) is 2.22. The molecule has 1 amide bonds. The molecule has 0 saturated carbocycles. The molecule has 0 fully saturated rings. The van der Waals surface area contributed by atoms with Crippen LogP contribution in [0.1, 0.15) is 32.9 Å². The van der Waals surface area contributed by atoms with E-state index in [4.69, 9.17) is 0 Å². The molecule has 0 aromatic carbocycles. The molecular formula is C15H16N4O2S. The van der Waals surface area contributed by atoms with Gasteiger partial charge >= 0.3 is 0 Å². The number of aliphatic hydroxyl groups excluding tert-OH is 1. The summed E-state index contributed by atoms with van der Waals surface area (Å²) in [4.78, 5) is 17.3. The SMILES string of the molecule is Cc1cc2nc(C(=O)NCC(O)c3cccs3)cc(C)n2n1. The van der Waals surface area contributed by atoms with Gasteiger partial charge in [0.1, 0.15) is 11.8 Å². The lowest BCUT2D eigenvalue weighted by Crippen LogP contribution is -2.29. The Bertz CT molecular complexity index is 810. The third kappa shape index (κ3) is 2.86. The van der Waals surface area contributed by atoms with Crippen LogP contribution in [0.3, 0.4) is 0 Å². The highest BCUT2D eigenvalue weighted by atomic mass is 32.1. The minimum Gasteiger partial charge on any atom is -0.386 e. The fourth-order valence-corrected chi connectivity index (χ4v) is 2.93. The maximum absolute atomic E-state index is 12.2. The van der Waals surface area contributed by atoms with Crippen molar-refractivity contribution in [1.82, 2.24) is 19.9 Å². The third-order valence-corrected chi connectivity index (χ3v) is 4.26. The van der Waals surface area contributed by atoms with Gasteiger partial charge in [-0.05, 0) is 31.4 Å². The van der Waals surface area contributed by atoms with Crippen molar-refractivity contribution in [2.24, 2.45) is 0 Å². The number of hydrogen-bond acceptors (Lipinski definition) is 5. The quantitative estimate of drug-likeness (QED) is 0.770. The van der Waals surface area contributed by atoms with Gasteiger partial charge in [-0.25, -0.2) is 9.50 Å². The molecule has 6 nitrogen and oxygen atoms in total. The minimum absolute atomic E-state index is 0.156. The maximum Gasteiger partial charge on any atom is 0.270 e. The number of aryl methyl sites for hydroxylation is 2. The van der Waals surface area contributed by atoms with Crippen LogP contribution < -0.4 is 5.32 Å². The van der Waals surface area contributed by atoms with E-state index < -0.39 is 6.10 Å². The average molecular weight is 316 g/mol. The Morgan fingerprint density at radius 1 is 1.45 bits per heavy atom. The Morgan fingerprint density at radius 2 is 2.27 bits per heavy atom. The predicted molar refractivity (Wildman–Crippen MR) is 84.1 cm³/mol. The van der Waals surface area contributed by atoms with Gasteiger partial charge in [0.2, 0.25) is 0 Å². The summed E-state index contributed by atoms with van der Waals surface area (Å²) in [6.45, 7) is 3.91. The highest BCUT2D eigenvalue weighted by Crippen LogP contribution is 2.17. The van der Waals surface area contributed by atoms with Crippen molar-refractivity contribution in [1.29, 1.82) is 0 Å². The summed E-state index contributed by atoms with van der Waals surface area (Å²) in [6.07, 6.45) is -0.703. The Hall–Kier alpha value is -2.25. The van der Waals surface area contributed by atoms with E-state index >= 15 is 0 Å². The van der Waals surface area contributed by atoms with Crippen LogP contribution in [0.2, 0.25) is 0 Å². The Balaban J connectivity index is 1.74. The van der Waals surface area contributed by atoms with Crippen molar-refractivity contribution in [3.63, 3.8) is 0 Å². The first-order valence-electron chi connectivity index (χ1n) is 6.88. The van der Waals surface area contributed by atoms with Gasteiger partial charge < -0.3 is 10.4 Å². The molecule has 3 heterocycles. The van der Waals surface area contributed by atoms with Crippen molar-refractivity contribution >= 4 is 22.9 Å². The smallest absolute Gasteiger partial charge is 0.270 e. The summed E-state index contributed by atoms with van der Waals surface area (Å²) in [5.41, 5.74) is 2.65. The molecule has 22 heavy (non-hydrogen) atoms. The van der Waals surface area contributed by atoms with Gasteiger partial charge in [-0.15, -0.1) is 11.3 Å². The molecule has 0 aliphatic rings. The molecule has 1 atom stereocenters. The van der Waals surface area contributed by atoms with Crippen molar-refractivity contribution in [3.8, 4) is 0 Å². The number of carbonyl (C=O) groups excluding carboxylic acids is 1. The first-order valence-corrected chi connectivity index (χ1v) is 7.76. The summed E-state index contributed by atoms with van der Waals surface area (Å²) < 4.78 is 1.70.